The molecule has 118 valence electrons. The quantitative estimate of drug-likeness (QED) is 0.560. The lowest BCUT2D eigenvalue weighted by Gasteiger charge is -2.05. The van der Waals surface area contributed by atoms with Gasteiger partial charge in [0.2, 0.25) is 0 Å². The van der Waals surface area contributed by atoms with E-state index in [4.69, 9.17) is 4.74 Å². The Morgan fingerprint density at radius 3 is 2.65 bits per heavy atom. The number of fused-ring (bicyclic) bond motifs is 1. The molecular formula is C16H12F2N2O2S. The van der Waals surface area contributed by atoms with Crippen molar-refractivity contribution in [2.75, 3.05) is 0 Å². The number of thioether (sulfide) groups is 1. The van der Waals surface area contributed by atoms with Crippen LogP contribution in [-0.4, -0.2) is 21.9 Å². The third kappa shape index (κ3) is 3.68. The topological polar surface area (TPSA) is 55.0 Å². The molecule has 0 saturated carbocycles. The Labute approximate surface area is 134 Å². The molecule has 2 aromatic carbocycles. The minimum atomic E-state index is -2.45. The fourth-order valence-electron chi connectivity index (χ4n) is 2.10. The molecule has 1 N–H and O–H groups in total. The molecule has 3 rings (SSSR count). The number of carbonyl (C=O) groups is 1. The van der Waals surface area contributed by atoms with Crippen molar-refractivity contribution in [3.8, 4) is 0 Å². The normalized spacial score (nSPS) is 11.1. The molecule has 0 spiro atoms. The van der Waals surface area contributed by atoms with Gasteiger partial charge in [-0.1, -0.05) is 42.1 Å². The van der Waals surface area contributed by atoms with Crippen molar-refractivity contribution in [2.45, 2.75) is 17.3 Å². The average molecular weight is 334 g/mol. The van der Waals surface area contributed by atoms with Crippen LogP contribution in [0.25, 0.3) is 10.9 Å². The van der Waals surface area contributed by atoms with Gasteiger partial charge in [-0.3, -0.25) is 5.10 Å². The summed E-state index contributed by atoms with van der Waals surface area (Å²) in [5.74, 6) is -2.99. The molecule has 4 nitrogen and oxygen atoms in total. The Kier molecular flexibility index (Phi) is 4.57. The molecule has 3 aromatic rings. The van der Waals surface area contributed by atoms with Crippen LogP contribution in [0.1, 0.15) is 16.1 Å². The number of nitrogens with zero attached hydrogens (tertiary/aromatic N) is 1. The Hall–Kier alpha value is -2.41. The number of hydrogen-bond donors (Lipinski definition) is 1. The zero-order valence-corrected chi connectivity index (χ0v) is 12.6. The SMILES string of the molecule is O=C(OCc1ccc(SC(F)F)cc1)c1n[nH]c2ccccc12. The second-order valence-corrected chi connectivity index (χ2v) is 5.78. The number of H-pyrrole nitrogens is 1. The molecule has 0 atom stereocenters. The van der Waals surface area contributed by atoms with Crippen LogP contribution in [0.5, 0.6) is 0 Å². The molecule has 23 heavy (non-hydrogen) atoms. The van der Waals surface area contributed by atoms with Crippen molar-refractivity contribution in [3.63, 3.8) is 0 Å². The predicted molar refractivity (Wildman–Crippen MR) is 83.5 cm³/mol. The van der Waals surface area contributed by atoms with Gasteiger partial charge in [-0.25, -0.2) is 4.79 Å². The smallest absolute Gasteiger partial charge is 0.359 e. The Morgan fingerprint density at radius 1 is 1.17 bits per heavy atom. The first-order valence-electron chi connectivity index (χ1n) is 6.77. The zero-order valence-electron chi connectivity index (χ0n) is 11.8. The largest absolute Gasteiger partial charge is 0.456 e. The predicted octanol–water partition coefficient (Wildman–Crippen LogP) is 4.23. The van der Waals surface area contributed by atoms with Gasteiger partial charge in [-0.2, -0.15) is 13.9 Å². The Bertz CT molecular complexity index is 818. The summed E-state index contributed by atoms with van der Waals surface area (Å²) in [6.07, 6.45) is 0. The highest BCUT2D eigenvalue weighted by Gasteiger charge is 2.15. The molecular weight excluding hydrogens is 322 g/mol. The van der Waals surface area contributed by atoms with Crippen molar-refractivity contribution >= 4 is 28.6 Å². The molecule has 0 unspecified atom stereocenters. The maximum atomic E-state index is 12.2. The van der Waals surface area contributed by atoms with Gasteiger partial charge in [0.25, 0.3) is 5.76 Å². The average Bonchev–Trinajstić information content (AvgIpc) is 2.97. The first kappa shape index (κ1) is 15.5. The molecule has 0 saturated heterocycles. The molecule has 0 amide bonds. The van der Waals surface area contributed by atoms with E-state index >= 15 is 0 Å². The second kappa shape index (κ2) is 6.78. The maximum Gasteiger partial charge on any atom is 0.359 e. The lowest BCUT2D eigenvalue weighted by atomic mass is 10.2. The summed E-state index contributed by atoms with van der Waals surface area (Å²) < 4.78 is 29.7. The third-order valence-electron chi connectivity index (χ3n) is 3.18. The number of esters is 1. The summed E-state index contributed by atoms with van der Waals surface area (Å²) in [6.45, 7) is 0.0552. The molecule has 1 aromatic heterocycles. The van der Waals surface area contributed by atoms with E-state index < -0.39 is 11.7 Å². The number of halogens is 2. The van der Waals surface area contributed by atoms with Gasteiger partial charge in [0, 0.05) is 10.3 Å². The number of rotatable bonds is 5. The first-order chi connectivity index (χ1) is 11.1. The number of carbonyl (C=O) groups excluding carboxylic acids is 1. The van der Waals surface area contributed by atoms with Gasteiger partial charge in [0.15, 0.2) is 5.69 Å². The van der Waals surface area contributed by atoms with E-state index in [1.807, 2.05) is 18.2 Å². The third-order valence-corrected chi connectivity index (χ3v) is 3.90. The highest BCUT2D eigenvalue weighted by Crippen LogP contribution is 2.25. The summed E-state index contributed by atoms with van der Waals surface area (Å²) >= 11 is 0.476. The lowest BCUT2D eigenvalue weighted by molar-refractivity contribution is 0.0468. The molecule has 0 bridgehead atoms. The van der Waals surface area contributed by atoms with Crippen molar-refractivity contribution < 1.29 is 18.3 Å². The summed E-state index contributed by atoms with van der Waals surface area (Å²) in [5.41, 5.74) is 1.70. The fourth-order valence-corrected chi connectivity index (χ4v) is 2.60. The minimum Gasteiger partial charge on any atom is -0.456 e. The van der Waals surface area contributed by atoms with Crippen LogP contribution in [-0.2, 0) is 11.3 Å². The van der Waals surface area contributed by atoms with E-state index in [-0.39, 0.29) is 12.3 Å². The monoisotopic (exact) mass is 334 g/mol. The first-order valence-corrected chi connectivity index (χ1v) is 7.65. The van der Waals surface area contributed by atoms with Crippen LogP contribution < -0.4 is 0 Å². The van der Waals surface area contributed by atoms with Crippen molar-refractivity contribution in [2.24, 2.45) is 0 Å². The van der Waals surface area contributed by atoms with E-state index in [1.54, 1.807) is 30.3 Å². The lowest BCUT2D eigenvalue weighted by Crippen LogP contribution is -2.06. The fraction of sp³-hybridized carbons (Fsp3) is 0.125. The molecule has 1 heterocycles. The van der Waals surface area contributed by atoms with E-state index in [0.717, 1.165) is 11.1 Å². The number of nitrogens with one attached hydrogen (secondary N) is 1. The van der Waals surface area contributed by atoms with Crippen LogP contribution in [0.3, 0.4) is 0 Å². The number of aromatic nitrogens is 2. The van der Waals surface area contributed by atoms with E-state index in [1.165, 1.54) is 0 Å². The Morgan fingerprint density at radius 2 is 1.91 bits per heavy atom. The summed E-state index contributed by atoms with van der Waals surface area (Å²) in [6, 6.07) is 13.7. The Balaban J connectivity index is 1.65. The number of ether oxygens (including phenoxy) is 1. The van der Waals surface area contributed by atoms with Gasteiger partial charge < -0.3 is 4.74 Å². The number of hydrogen-bond acceptors (Lipinski definition) is 4. The molecule has 0 fully saturated rings. The summed E-state index contributed by atoms with van der Waals surface area (Å²) in [7, 11) is 0. The maximum absolute atomic E-state index is 12.2. The van der Waals surface area contributed by atoms with E-state index in [0.29, 0.717) is 22.0 Å². The van der Waals surface area contributed by atoms with E-state index in [2.05, 4.69) is 10.2 Å². The molecule has 0 radical (unpaired) electrons. The number of para-hydroxylation sites is 1. The minimum absolute atomic E-state index is 0.0552. The van der Waals surface area contributed by atoms with Crippen molar-refractivity contribution in [1.29, 1.82) is 0 Å². The van der Waals surface area contributed by atoms with Crippen LogP contribution in [0, 0.1) is 0 Å². The van der Waals surface area contributed by atoms with Crippen LogP contribution >= 0.6 is 11.8 Å². The number of aromatic amines is 1. The zero-order chi connectivity index (χ0) is 16.2. The van der Waals surface area contributed by atoms with Crippen LogP contribution in [0.4, 0.5) is 8.78 Å². The number of alkyl halides is 2. The standard InChI is InChI=1S/C16H12F2N2O2S/c17-16(18)23-11-7-5-10(6-8-11)9-22-15(21)14-12-3-1-2-4-13(12)19-20-14/h1-8,16H,9H2,(H,19,20). The number of benzene rings is 2. The molecule has 7 heteroatoms. The van der Waals surface area contributed by atoms with Gasteiger partial charge in [-0.15, -0.1) is 0 Å². The van der Waals surface area contributed by atoms with Gasteiger partial charge in [0.1, 0.15) is 6.61 Å². The summed E-state index contributed by atoms with van der Waals surface area (Å²) in [4.78, 5) is 12.6. The van der Waals surface area contributed by atoms with Gasteiger partial charge >= 0.3 is 5.97 Å². The second-order valence-electron chi connectivity index (χ2n) is 4.72. The van der Waals surface area contributed by atoms with Crippen molar-refractivity contribution in [3.05, 3.63) is 59.8 Å². The van der Waals surface area contributed by atoms with Crippen LogP contribution in [0.15, 0.2) is 53.4 Å². The van der Waals surface area contributed by atoms with E-state index in [9.17, 15) is 13.6 Å². The van der Waals surface area contributed by atoms with Gasteiger partial charge in [0.05, 0.1) is 5.52 Å². The van der Waals surface area contributed by atoms with Crippen molar-refractivity contribution in [1.82, 2.24) is 10.2 Å². The van der Waals surface area contributed by atoms with Gasteiger partial charge in [-0.05, 0) is 23.8 Å². The highest BCUT2D eigenvalue weighted by atomic mass is 32.2. The molecule has 0 aliphatic heterocycles. The molecule has 0 aliphatic carbocycles. The van der Waals surface area contributed by atoms with Crippen LogP contribution in [0.2, 0.25) is 0 Å². The molecule has 0 aliphatic rings. The summed E-state index contributed by atoms with van der Waals surface area (Å²) in [5, 5.41) is 7.43. The highest BCUT2D eigenvalue weighted by molar-refractivity contribution is 7.99.